The lowest BCUT2D eigenvalue weighted by atomic mass is 10.3. The van der Waals surface area contributed by atoms with Crippen LogP contribution in [0.15, 0.2) is 18.5 Å². The standard InChI is InChI=1S/C12H13FN4S/c13-9-5-8(6-14-7-9)12-17-16-11(18-12)3-4-15-10-1-2-10/h5-7,10,15H,1-4H2. The Morgan fingerprint density at radius 1 is 1.33 bits per heavy atom. The van der Waals surface area contributed by atoms with E-state index in [4.69, 9.17) is 0 Å². The van der Waals surface area contributed by atoms with E-state index in [9.17, 15) is 4.39 Å². The molecule has 1 fully saturated rings. The van der Waals surface area contributed by atoms with Gasteiger partial charge in [0.2, 0.25) is 0 Å². The molecule has 0 bridgehead atoms. The van der Waals surface area contributed by atoms with E-state index in [0.29, 0.717) is 11.6 Å². The van der Waals surface area contributed by atoms with Crippen molar-refractivity contribution < 1.29 is 4.39 Å². The van der Waals surface area contributed by atoms with Gasteiger partial charge in [-0.25, -0.2) is 4.39 Å². The van der Waals surface area contributed by atoms with Gasteiger partial charge in [0.25, 0.3) is 0 Å². The molecule has 18 heavy (non-hydrogen) atoms. The third kappa shape index (κ3) is 2.88. The molecule has 1 saturated carbocycles. The maximum absolute atomic E-state index is 13.0. The third-order valence-electron chi connectivity index (χ3n) is 2.77. The Bertz CT molecular complexity index is 538. The second-order valence-corrected chi connectivity index (χ2v) is 5.43. The average molecular weight is 264 g/mol. The highest BCUT2D eigenvalue weighted by Gasteiger charge is 2.19. The van der Waals surface area contributed by atoms with Crippen molar-refractivity contribution >= 4 is 11.3 Å². The summed E-state index contributed by atoms with van der Waals surface area (Å²) in [6.45, 7) is 0.931. The number of rotatable bonds is 5. The second kappa shape index (κ2) is 5.07. The fraction of sp³-hybridized carbons (Fsp3) is 0.417. The molecule has 0 radical (unpaired) electrons. The molecule has 1 aliphatic rings. The zero-order chi connectivity index (χ0) is 12.4. The van der Waals surface area contributed by atoms with Gasteiger partial charge in [0.05, 0.1) is 6.20 Å². The summed E-state index contributed by atoms with van der Waals surface area (Å²) in [5.74, 6) is -0.348. The fourth-order valence-electron chi connectivity index (χ4n) is 1.67. The van der Waals surface area contributed by atoms with Crippen molar-refractivity contribution in [1.29, 1.82) is 0 Å². The highest BCUT2D eigenvalue weighted by atomic mass is 32.1. The van der Waals surface area contributed by atoms with E-state index in [1.54, 1.807) is 6.20 Å². The van der Waals surface area contributed by atoms with Crippen molar-refractivity contribution in [2.24, 2.45) is 0 Å². The summed E-state index contributed by atoms with van der Waals surface area (Å²) in [5, 5.41) is 13.3. The number of halogens is 1. The lowest BCUT2D eigenvalue weighted by Crippen LogP contribution is -2.19. The Balaban J connectivity index is 1.64. The Labute approximate surface area is 108 Å². The highest BCUT2D eigenvalue weighted by molar-refractivity contribution is 7.14. The average Bonchev–Trinajstić information content (AvgIpc) is 3.06. The van der Waals surface area contributed by atoms with Gasteiger partial charge in [0.1, 0.15) is 15.8 Å². The molecule has 0 aliphatic heterocycles. The number of hydrogen-bond donors (Lipinski definition) is 1. The molecule has 2 heterocycles. The summed E-state index contributed by atoms with van der Waals surface area (Å²) < 4.78 is 13.0. The molecule has 0 unspecified atom stereocenters. The third-order valence-corrected chi connectivity index (χ3v) is 3.80. The molecule has 1 aliphatic carbocycles. The van der Waals surface area contributed by atoms with Gasteiger partial charge in [0, 0.05) is 30.8 Å². The zero-order valence-electron chi connectivity index (χ0n) is 9.77. The van der Waals surface area contributed by atoms with Crippen LogP contribution in [0.25, 0.3) is 10.6 Å². The summed E-state index contributed by atoms with van der Waals surface area (Å²) >= 11 is 1.50. The topological polar surface area (TPSA) is 50.7 Å². The molecule has 0 aromatic carbocycles. The van der Waals surface area contributed by atoms with Crippen molar-refractivity contribution in [2.75, 3.05) is 6.54 Å². The van der Waals surface area contributed by atoms with E-state index in [0.717, 1.165) is 23.0 Å². The predicted octanol–water partition coefficient (Wildman–Crippen LogP) is 2.03. The fourth-order valence-corrected chi connectivity index (χ4v) is 2.49. The van der Waals surface area contributed by atoms with Crippen LogP contribution in [0.4, 0.5) is 4.39 Å². The van der Waals surface area contributed by atoms with Gasteiger partial charge >= 0.3 is 0 Å². The molecule has 2 aromatic rings. The molecule has 2 aromatic heterocycles. The summed E-state index contributed by atoms with van der Waals surface area (Å²) in [7, 11) is 0. The number of aromatic nitrogens is 3. The second-order valence-electron chi connectivity index (χ2n) is 4.37. The molecule has 1 N–H and O–H groups in total. The predicted molar refractivity (Wildman–Crippen MR) is 67.8 cm³/mol. The largest absolute Gasteiger partial charge is 0.314 e. The van der Waals surface area contributed by atoms with E-state index in [1.807, 2.05) is 0 Å². The van der Waals surface area contributed by atoms with Gasteiger partial charge in [-0.2, -0.15) is 0 Å². The van der Waals surface area contributed by atoms with Gasteiger partial charge in [0.15, 0.2) is 0 Å². The maximum atomic E-state index is 13.0. The Kier molecular flexibility index (Phi) is 3.29. The van der Waals surface area contributed by atoms with E-state index < -0.39 is 0 Å². The molecule has 4 nitrogen and oxygen atoms in total. The van der Waals surface area contributed by atoms with Crippen LogP contribution in [-0.2, 0) is 6.42 Å². The van der Waals surface area contributed by atoms with Crippen LogP contribution in [0, 0.1) is 5.82 Å². The molecule has 0 saturated heterocycles. The number of nitrogens with zero attached hydrogens (tertiary/aromatic N) is 3. The number of hydrogen-bond acceptors (Lipinski definition) is 5. The maximum Gasteiger partial charge on any atom is 0.149 e. The van der Waals surface area contributed by atoms with Gasteiger partial charge in [-0.05, 0) is 18.9 Å². The first-order valence-electron chi connectivity index (χ1n) is 5.98. The van der Waals surface area contributed by atoms with Crippen molar-refractivity contribution in [2.45, 2.75) is 25.3 Å². The van der Waals surface area contributed by atoms with Crippen LogP contribution in [0.2, 0.25) is 0 Å². The van der Waals surface area contributed by atoms with Crippen molar-refractivity contribution in [3.05, 3.63) is 29.3 Å². The smallest absolute Gasteiger partial charge is 0.149 e. The van der Waals surface area contributed by atoms with Crippen LogP contribution < -0.4 is 5.32 Å². The first-order valence-corrected chi connectivity index (χ1v) is 6.79. The molecule has 94 valence electrons. The van der Waals surface area contributed by atoms with Crippen LogP contribution in [0.5, 0.6) is 0 Å². The van der Waals surface area contributed by atoms with Gasteiger partial charge in [-0.15, -0.1) is 10.2 Å². The minimum absolute atomic E-state index is 0.348. The van der Waals surface area contributed by atoms with Crippen LogP contribution in [-0.4, -0.2) is 27.8 Å². The van der Waals surface area contributed by atoms with Crippen LogP contribution in [0.1, 0.15) is 17.8 Å². The van der Waals surface area contributed by atoms with Crippen molar-refractivity contribution in [3.8, 4) is 10.6 Å². The molecule has 3 rings (SSSR count). The van der Waals surface area contributed by atoms with E-state index in [1.165, 1.54) is 36.4 Å². The number of pyridine rings is 1. The summed E-state index contributed by atoms with van der Waals surface area (Å²) in [6, 6.07) is 2.14. The summed E-state index contributed by atoms with van der Waals surface area (Å²) in [5.41, 5.74) is 0.689. The highest BCUT2D eigenvalue weighted by Crippen LogP contribution is 2.23. The van der Waals surface area contributed by atoms with E-state index in [-0.39, 0.29) is 5.82 Å². The first kappa shape index (κ1) is 11.7. The van der Waals surface area contributed by atoms with Gasteiger partial charge in [-0.3, -0.25) is 4.98 Å². The molecule has 0 amide bonds. The van der Waals surface area contributed by atoms with E-state index in [2.05, 4.69) is 20.5 Å². The minimum atomic E-state index is -0.348. The quantitative estimate of drug-likeness (QED) is 0.897. The lowest BCUT2D eigenvalue weighted by molar-refractivity contribution is 0.622. The van der Waals surface area contributed by atoms with Crippen LogP contribution >= 0.6 is 11.3 Å². The Morgan fingerprint density at radius 2 is 2.22 bits per heavy atom. The number of nitrogens with one attached hydrogen (secondary N) is 1. The lowest BCUT2D eigenvalue weighted by Gasteiger charge is -1.97. The van der Waals surface area contributed by atoms with Crippen molar-refractivity contribution in [1.82, 2.24) is 20.5 Å². The SMILES string of the molecule is Fc1cncc(-c2nnc(CCNC3CC3)s2)c1. The van der Waals surface area contributed by atoms with Crippen molar-refractivity contribution in [3.63, 3.8) is 0 Å². The molecular formula is C12H13FN4S. The van der Waals surface area contributed by atoms with E-state index >= 15 is 0 Å². The molecule has 0 atom stereocenters. The van der Waals surface area contributed by atoms with Gasteiger partial charge < -0.3 is 5.32 Å². The monoisotopic (exact) mass is 264 g/mol. The minimum Gasteiger partial charge on any atom is -0.314 e. The molecular weight excluding hydrogens is 251 g/mol. The Hall–Kier alpha value is -1.40. The summed E-state index contributed by atoms with van der Waals surface area (Å²) in [4.78, 5) is 3.82. The summed E-state index contributed by atoms with van der Waals surface area (Å²) in [6.07, 6.45) is 6.24. The molecule has 6 heteroatoms. The molecule has 0 spiro atoms. The van der Waals surface area contributed by atoms with Gasteiger partial charge in [-0.1, -0.05) is 11.3 Å². The Morgan fingerprint density at radius 3 is 3.00 bits per heavy atom. The first-order chi connectivity index (χ1) is 8.81. The zero-order valence-corrected chi connectivity index (χ0v) is 10.6. The van der Waals surface area contributed by atoms with Crippen LogP contribution in [0.3, 0.4) is 0 Å². The normalized spacial score (nSPS) is 14.9.